The van der Waals surface area contributed by atoms with Crippen LogP contribution < -0.4 is 10.1 Å². The molecule has 0 saturated carbocycles. The van der Waals surface area contributed by atoms with Crippen molar-refractivity contribution in [3.8, 4) is 5.75 Å². The van der Waals surface area contributed by atoms with E-state index in [4.69, 9.17) is 4.74 Å². The van der Waals surface area contributed by atoms with E-state index in [9.17, 15) is 4.79 Å². The molecule has 0 unspecified atom stereocenters. The van der Waals surface area contributed by atoms with Gasteiger partial charge in [-0.2, -0.15) is 0 Å². The highest BCUT2D eigenvalue weighted by atomic mass is 79.9. The van der Waals surface area contributed by atoms with E-state index in [2.05, 4.69) is 47.2 Å². The number of ketones is 1. The molecule has 3 rings (SSSR count). The van der Waals surface area contributed by atoms with Crippen LogP contribution in [0.2, 0.25) is 0 Å². The van der Waals surface area contributed by atoms with Crippen molar-refractivity contribution >= 4 is 27.4 Å². The normalized spacial score (nSPS) is 17.1. The minimum absolute atomic E-state index is 0.0747. The molecule has 0 bridgehead atoms. The van der Waals surface area contributed by atoms with Crippen LogP contribution in [0.1, 0.15) is 35.3 Å². The smallest absolute Gasteiger partial charge is 0.191 e. The fourth-order valence-electron chi connectivity index (χ4n) is 3.08. The lowest BCUT2D eigenvalue weighted by molar-refractivity contribution is 0.104. The molecule has 2 aromatic carbocycles. The van der Waals surface area contributed by atoms with Gasteiger partial charge >= 0.3 is 0 Å². The summed E-state index contributed by atoms with van der Waals surface area (Å²) in [4.78, 5) is 12.8. The van der Waals surface area contributed by atoms with Crippen molar-refractivity contribution < 1.29 is 9.53 Å². The number of hydrogen-bond donors (Lipinski definition) is 1. The van der Waals surface area contributed by atoms with Crippen LogP contribution in [0.15, 0.2) is 53.0 Å². The Morgan fingerprint density at radius 2 is 2.00 bits per heavy atom. The van der Waals surface area contributed by atoms with Crippen LogP contribution in [0.25, 0.3) is 5.70 Å². The van der Waals surface area contributed by atoms with Gasteiger partial charge in [0.15, 0.2) is 5.78 Å². The number of fused-ring (bicyclic) bond motifs is 1. The number of methoxy groups -OCH3 is 1. The van der Waals surface area contributed by atoms with Crippen molar-refractivity contribution in [2.75, 3.05) is 7.11 Å². The van der Waals surface area contributed by atoms with Crippen LogP contribution in [-0.4, -0.2) is 18.4 Å². The average Bonchev–Trinajstić information content (AvgIpc) is 2.53. The predicted octanol–water partition coefficient (Wildman–Crippen LogP) is 4.61. The summed E-state index contributed by atoms with van der Waals surface area (Å²) in [7, 11) is 1.57. The predicted molar refractivity (Wildman–Crippen MR) is 100 cm³/mol. The number of rotatable bonds is 3. The molecule has 0 radical (unpaired) electrons. The quantitative estimate of drug-likeness (QED) is 0.619. The molecule has 24 heavy (non-hydrogen) atoms. The van der Waals surface area contributed by atoms with Gasteiger partial charge in [-0.25, -0.2) is 0 Å². The van der Waals surface area contributed by atoms with E-state index in [1.807, 2.05) is 18.2 Å². The highest BCUT2D eigenvalue weighted by Gasteiger charge is 2.27. The van der Waals surface area contributed by atoms with Crippen LogP contribution in [0.3, 0.4) is 0 Å². The maximum atomic E-state index is 12.8. The summed E-state index contributed by atoms with van der Waals surface area (Å²) in [5.74, 6) is 0.490. The molecule has 1 heterocycles. The van der Waals surface area contributed by atoms with Crippen molar-refractivity contribution in [1.29, 1.82) is 0 Å². The molecule has 3 nitrogen and oxygen atoms in total. The highest BCUT2D eigenvalue weighted by molar-refractivity contribution is 9.10. The van der Waals surface area contributed by atoms with Crippen molar-refractivity contribution in [2.45, 2.75) is 25.8 Å². The van der Waals surface area contributed by atoms with Gasteiger partial charge in [-0.3, -0.25) is 4.79 Å². The third-order valence-electron chi connectivity index (χ3n) is 4.12. The van der Waals surface area contributed by atoms with Gasteiger partial charge < -0.3 is 10.1 Å². The minimum atomic E-state index is -0.0930. The molecule has 1 N–H and O–H groups in total. The number of ether oxygens (including phenoxy) is 1. The Kier molecular flexibility index (Phi) is 4.50. The zero-order chi connectivity index (χ0) is 17.3. The summed E-state index contributed by atoms with van der Waals surface area (Å²) < 4.78 is 6.23. The summed E-state index contributed by atoms with van der Waals surface area (Å²) in [5, 5.41) is 3.49. The van der Waals surface area contributed by atoms with E-state index in [1.165, 1.54) is 5.56 Å². The molecule has 0 aliphatic carbocycles. The average molecular weight is 386 g/mol. The number of carbonyl (C=O) groups is 1. The van der Waals surface area contributed by atoms with Crippen LogP contribution >= 0.6 is 15.9 Å². The molecule has 124 valence electrons. The van der Waals surface area contributed by atoms with E-state index < -0.39 is 0 Å². The van der Waals surface area contributed by atoms with Gasteiger partial charge in [-0.05, 0) is 44.0 Å². The van der Waals surface area contributed by atoms with Gasteiger partial charge in [0.05, 0.1) is 12.7 Å². The number of benzene rings is 2. The maximum absolute atomic E-state index is 12.8. The fourth-order valence-corrected chi connectivity index (χ4v) is 3.42. The summed E-state index contributed by atoms with van der Waals surface area (Å²) in [5.41, 5.74) is 3.65. The lowest BCUT2D eigenvalue weighted by Crippen LogP contribution is -2.43. The topological polar surface area (TPSA) is 38.3 Å². The first-order chi connectivity index (χ1) is 11.4. The Morgan fingerprint density at radius 3 is 2.75 bits per heavy atom. The fraction of sp³-hybridized carbons (Fsp3) is 0.250. The summed E-state index contributed by atoms with van der Waals surface area (Å²) >= 11 is 3.40. The molecule has 4 heteroatoms. The highest BCUT2D eigenvalue weighted by Crippen LogP contribution is 2.30. The van der Waals surface area contributed by atoms with Crippen LogP contribution in [0.5, 0.6) is 5.75 Å². The Bertz CT molecular complexity index is 824. The molecule has 0 spiro atoms. The number of nitrogens with one attached hydrogen (secondary N) is 1. The molecule has 2 aromatic rings. The number of carbonyl (C=O) groups excluding carboxylic acids is 1. The molecule has 1 aliphatic rings. The third kappa shape index (κ3) is 3.39. The first-order valence-electron chi connectivity index (χ1n) is 7.86. The molecule has 0 fully saturated rings. The number of hydrogen-bond acceptors (Lipinski definition) is 3. The van der Waals surface area contributed by atoms with Crippen molar-refractivity contribution in [3.63, 3.8) is 0 Å². The lowest BCUT2D eigenvalue weighted by atomic mass is 9.85. The lowest BCUT2D eigenvalue weighted by Gasteiger charge is -2.35. The van der Waals surface area contributed by atoms with Crippen LogP contribution in [-0.2, 0) is 6.42 Å². The van der Waals surface area contributed by atoms with Gasteiger partial charge in [0.2, 0.25) is 0 Å². The van der Waals surface area contributed by atoms with Crippen LogP contribution in [0.4, 0.5) is 0 Å². The SMILES string of the molecule is COc1cc(Br)ccc1C(=O)/C=C1\NC(C)(C)Cc2ccccc21. The molecule has 0 saturated heterocycles. The van der Waals surface area contributed by atoms with Gasteiger partial charge in [0.1, 0.15) is 5.75 Å². The summed E-state index contributed by atoms with van der Waals surface area (Å²) in [6.45, 7) is 4.28. The van der Waals surface area contributed by atoms with E-state index in [0.29, 0.717) is 11.3 Å². The van der Waals surface area contributed by atoms with Crippen molar-refractivity contribution in [3.05, 3.63) is 69.7 Å². The van der Waals surface area contributed by atoms with Gasteiger partial charge in [-0.1, -0.05) is 40.2 Å². The zero-order valence-electron chi connectivity index (χ0n) is 14.0. The molecule has 0 aromatic heterocycles. The van der Waals surface area contributed by atoms with Crippen molar-refractivity contribution in [1.82, 2.24) is 5.32 Å². The van der Waals surface area contributed by atoms with Gasteiger partial charge in [0, 0.05) is 27.3 Å². The van der Waals surface area contributed by atoms with E-state index >= 15 is 0 Å². The minimum Gasteiger partial charge on any atom is -0.496 e. The third-order valence-corrected chi connectivity index (χ3v) is 4.61. The Morgan fingerprint density at radius 1 is 1.25 bits per heavy atom. The molecule has 1 aliphatic heterocycles. The van der Waals surface area contributed by atoms with Gasteiger partial charge in [-0.15, -0.1) is 0 Å². The Labute approximate surface area is 150 Å². The van der Waals surface area contributed by atoms with Crippen molar-refractivity contribution in [2.24, 2.45) is 0 Å². The zero-order valence-corrected chi connectivity index (χ0v) is 15.6. The summed E-state index contributed by atoms with van der Waals surface area (Å²) in [6, 6.07) is 13.6. The monoisotopic (exact) mass is 385 g/mol. The molecule has 0 amide bonds. The van der Waals surface area contributed by atoms with E-state index in [-0.39, 0.29) is 11.3 Å². The van der Waals surface area contributed by atoms with E-state index in [1.54, 1.807) is 25.3 Å². The summed E-state index contributed by atoms with van der Waals surface area (Å²) in [6.07, 6.45) is 2.60. The first kappa shape index (κ1) is 16.8. The molecule has 0 atom stereocenters. The number of allylic oxidation sites excluding steroid dienone is 1. The van der Waals surface area contributed by atoms with E-state index in [0.717, 1.165) is 22.2 Å². The van der Waals surface area contributed by atoms with Gasteiger partial charge in [0.25, 0.3) is 0 Å². The Hall–Kier alpha value is -2.07. The second-order valence-corrected chi connectivity index (χ2v) is 7.53. The maximum Gasteiger partial charge on any atom is 0.191 e. The standard InChI is InChI=1S/C20H20BrNO2/c1-20(2)12-13-6-4-5-7-15(13)17(22-20)11-18(23)16-9-8-14(21)10-19(16)24-3/h4-11,22H,12H2,1-3H3/b17-11-. The number of halogens is 1. The first-order valence-corrected chi connectivity index (χ1v) is 8.65. The van der Waals surface area contributed by atoms with Crippen LogP contribution in [0, 0.1) is 0 Å². The molecular weight excluding hydrogens is 366 g/mol. The Balaban J connectivity index is 2.03. The second-order valence-electron chi connectivity index (χ2n) is 6.61. The largest absolute Gasteiger partial charge is 0.496 e. The second kappa shape index (κ2) is 6.44. The molecular formula is C20H20BrNO2.